The largest absolute Gasteiger partial charge is 0.478 e. The Morgan fingerprint density at radius 3 is 2.21 bits per heavy atom. The molecular weight excluding hydrogens is 414 g/mol. The first-order valence-electron chi connectivity index (χ1n) is 8.90. The lowest BCUT2D eigenvalue weighted by molar-refractivity contribution is -0.126. The normalized spacial score (nSPS) is 19.4. The number of sulfonamides is 1. The number of carbonyl (C=O) groups excluding carboxylic acids is 2. The molecule has 152 valence electrons. The smallest absolute Gasteiger partial charge is 0.238 e. The summed E-state index contributed by atoms with van der Waals surface area (Å²) in [5.41, 5.74) is 0.682. The molecule has 1 aliphatic heterocycles. The molecule has 1 aliphatic rings. The van der Waals surface area contributed by atoms with Gasteiger partial charge in [0.05, 0.1) is 15.5 Å². The molecule has 2 aromatic carbocycles. The number of primary sulfonamides is 1. The molecule has 1 unspecified atom stereocenters. The van der Waals surface area contributed by atoms with Gasteiger partial charge >= 0.3 is 0 Å². The lowest BCUT2D eigenvalue weighted by atomic mass is 9.89. The lowest BCUT2D eigenvalue weighted by Gasteiger charge is -2.21. The Hall–Kier alpha value is -2.48. The topological polar surface area (TPSA) is 104 Å². The predicted octanol–water partition coefficient (Wildman–Crippen LogP) is 3.83. The SMILES string of the molecule is CCC1(C)OC(c2ccc(S(N)(=O)=O)cc2)=C(c2ccc(C(C)=O)c(Cl)c2)C1=O. The summed E-state index contributed by atoms with van der Waals surface area (Å²) in [7, 11) is -3.84. The van der Waals surface area contributed by atoms with Crippen molar-refractivity contribution in [3.05, 3.63) is 64.2 Å². The fourth-order valence-electron chi connectivity index (χ4n) is 3.14. The van der Waals surface area contributed by atoms with E-state index in [1.54, 1.807) is 25.1 Å². The summed E-state index contributed by atoms with van der Waals surface area (Å²) < 4.78 is 29.1. The molecule has 0 saturated carbocycles. The Morgan fingerprint density at radius 2 is 1.72 bits per heavy atom. The summed E-state index contributed by atoms with van der Waals surface area (Å²) in [5, 5.41) is 5.39. The van der Waals surface area contributed by atoms with Crippen LogP contribution in [0.3, 0.4) is 0 Å². The number of halogens is 1. The average Bonchev–Trinajstić information content (AvgIpc) is 2.92. The van der Waals surface area contributed by atoms with Gasteiger partial charge in [-0.15, -0.1) is 0 Å². The van der Waals surface area contributed by atoms with Crippen LogP contribution >= 0.6 is 11.6 Å². The minimum absolute atomic E-state index is 0.0418. The Labute approximate surface area is 174 Å². The fourth-order valence-corrected chi connectivity index (χ4v) is 3.97. The summed E-state index contributed by atoms with van der Waals surface area (Å²) in [6.07, 6.45) is 0.438. The Kier molecular flexibility index (Phi) is 5.42. The van der Waals surface area contributed by atoms with Crippen LogP contribution < -0.4 is 5.14 Å². The van der Waals surface area contributed by atoms with Gasteiger partial charge in [0.2, 0.25) is 15.8 Å². The van der Waals surface area contributed by atoms with Gasteiger partial charge < -0.3 is 4.74 Å². The van der Waals surface area contributed by atoms with Gasteiger partial charge in [-0.3, -0.25) is 9.59 Å². The van der Waals surface area contributed by atoms with Crippen LogP contribution in [0.1, 0.15) is 48.7 Å². The quantitative estimate of drug-likeness (QED) is 0.721. The summed E-state index contributed by atoms with van der Waals surface area (Å²) in [5.74, 6) is -0.0640. The molecule has 0 aliphatic carbocycles. The van der Waals surface area contributed by atoms with E-state index in [1.165, 1.54) is 31.2 Å². The van der Waals surface area contributed by atoms with Gasteiger partial charge in [-0.05, 0) is 62.2 Å². The third kappa shape index (κ3) is 3.85. The van der Waals surface area contributed by atoms with Gasteiger partial charge in [0.1, 0.15) is 5.76 Å². The predicted molar refractivity (Wildman–Crippen MR) is 111 cm³/mol. The molecule has 0 saturated heterocycles. The van der Waals surface area contributed by atoms with Crippen LogP contribution in [0.2, 0.25) is 5.02 Å². The average molecular weight is 434 g/mol. The highest BCUT2D eigenvalue weighted by Crippen LogP contribution is 2.43. The van der Waals surface area contributed by atoms with Crippen molar-refractivity contribution in [1.29, 1.82) is 0 Å². The number of Topliss-reactive ketones (excluding diaryl/α,β-unsaturated/α-hetero) is 2. The van der Waals surface area contributed by atoms with Crippen LogP contribution in [-0.2, 0) is 19.6 Å². The van der Waals surface area contributed by atoms with Gasteiger partial charge in [-0.2, -0.15) is 0 Å². The number of nitrogens with two attached hydrogens (primary N) is 1. The van der Waals surface area contributed by atoms with Gasteiger partial charge in [-0.25, -0.2) is 13.6 Å². The third-order valence-corrected chi connectivity index (χ3v) is 6.26. The molecule has 2 N–H and O–H groups in total. The van der Waals surface area contributed by atoms with Crippen LogP contribution in [0.15, 0.2) is 47.4 Å². The molecule has 3 rings (SSSR count). The summed E-state index contributed by atoms with van der Waals surface area (Å²) >= 11 is 6.24. The Morgan fingerprint density at radius 1 is 1.14 bits per heavy atom. The van der Waals surface area contributed by atoms with E-state index in [1.807, 2.05) is 6.92 Å². The van der Waals surface area contributed by atoms with Gasteiger partial charge in [0.15, 0.2) is 11.4 Å². The monoisotopic (exact) mass is 433 g/mol. The molecule has 6 nitrogen and oxygen atoms in total. The third-order valence-electron chi connectivity index (χ3n) is 5.02. The highest BCUT2D eigenvalue weighted by atomic mass is 35.5. The second kappa shape index (κ2) is 7.40. The van der Waals surface area contributed by atoms with Crippen LogP contribution in [0, 0.1) is 0 Å². The highest BCUT2D eigenvalue weighted by Gasteiger charge is 2.45. The molecule has 0 radical (unpaired) electrons. The zero-order valence-electron chi connectivity index (χ0n) is 16.2. The molecule has 1 atom stereocenters. The highest BCUT2D eigenvalue weighted by molar-refractivity contribution is 7.89. The number of rotatable bonds is 5. The number of ether oxygens (including phenoxy) is 1. The van der Waals surface area contributed by atoms with Crippen LogP contribution in [0.4, 0.5) is 0 Å². The number of carbonyl (C=O) groups is 2. The van der Waals surface area contributed by atoms with Crippen molar-refractivity contribution in [2.24, 2.45) is 5.14 Å². The van der Waals surface area contributed by atoms with Crippen molar-refractivity contribution in [3.63, 3.8) is 0 Å². The zero-order valence-corrected chi connectivity index (χ0v) is 17.7. The van der Waals surface area contributed by atoms with Crippen molar-refractivity contribution < 1.29 is 22.7 Å². The van der Waals surface area contributed by atoms with E-state index >= 15 is 0 Å². The lowest BCUT2D eigenvalue weighted by Crippen LogP contribution is -2.32. The summed E-state index contributed by atoms with van der Waals surface area (Å²) in [6.45, 7) is 4.96. The molecule has 0 spiro atoms. The molecule has 0 bridgehead atoms. The maximum absolute atomic E-state index is 13.2. The first-order valence-corrected chi connectivity index (χ1v) is 10.8. The number of hydrogen-bond donors (Lipinski definition) is 1. The zero-order chi connectivity index (χ0) is 21.6. The molecule has 29 heavy (non-hydrogen) atoms. The van der Waals surface area contributed by atoms with Crippen molar-refractivity contribution in [2.45, 2.75) is 37.7 Å². The van der Waals surface area contributed by atoms with E-state index in [9.17, 15) is 18.0 Å². The molecule has 8 heteroatoms. The Balaban J connectivity index is 2.19. The summed E-state index contributed by atoms with van der Waals surface area (Å²) in [6, 6.07) is 10.6. The molecule has 0 aromatic heterocycles. The first-order chi connectivity index (χ1) is 13.5. The maximum Gasteiger partial charge on any atom is 0.238 e. The second-order valence-corrected chi connectivity index (χ2v) is 9.01. The van der Waals surface area contributed by atoms with E-state index in [2.05, 4.69) is 0 Å². The van der Waals surface area contributed by atoms with E-state index in [0.717, 1.165) is 0 Å². The minimum Gasteiger partial charge on any atom is -0.478 e. The first kappa shape index (κ1) is 21.2. The second-order valence-electron chi connectivity index (χ2n) is 7.04. The van der Waals surface area contributed by atoms with Crippen molar-refractivity contribution in [3.8, 4) is 0 Å². The van der Waals surface area contributed by atoms with Crippen molar-refractivity contribution in [1.82, 2.24) is 0 Å². The van der Waals surface area contributed by atoms with E-state index in [-0.39, 0.29) is 21.5 Å². The minimum atomic E-state index is -3.84. The van der Waals surface area contributed by atoms with Crippen molar-refractivity contribution >= 4 is 44.5 Å². The number of hydrogen-bond acceptors (Lipinski definition) is 5. The van der Waals surface area contributed by atoms with Crippen molar-refractivity contribution in [2.75, 3.05) is 0 Å². The van der Waals surface area contributed by atoms with E-state index in [4.69, 9.17) is 21.5 Å². The number of benzene rings is 2. The maximum atomic E-state index is 13.2. The number of ketones is 2. The van der Waals surface area contributed by atoms with Crippen LogP contribution in [0.5, 0.6) is 0 Å². The molecule has 0 amide bonds. The van der Waals surface area contributed by atoms with E-state index in [0.29, 0.717) is 34.4 Å². The van der Waals surface area contributed by atoms with Crippen LogP contribution in [-0.4, -0.2) is 25.6 Å². The Bertz CT molecular complexity index is 1150. The standard InChI is InChI=1S/C21H20ClNO5S/c1-4-21(3)20(25)18(14-7-10-16(12(2)24)17(22)11-14)19(28-21)13-5-8-15(9-6-13)29(23,26)27/h5-11H,4H2,1-3H3,(H2,23,26,27). The van der Waals surface area contributed by atoms with Gasteiger partial charge in [0.25, 0.3) is 0 Å². The van der Waals surface area contributed by atoms with E-state index < -0.39 is 15.6 Å². The van der Waals surface area contributed by atoms with Gasteiger partial charge in [0, 0.05) is 11.1 Å². The molecule has 1 heterocycles. The fraction of sp³-hybridized carbons (Fsp3) is 0.238. The molecular formula is C21H20ClNO5S. The molecule has 2 aromatic rings. The molecule has 0 fully saturated rings. The van der Waals surface area contributed by atoms with Gasteiger partial charge in [-0.1, -0.05) is 24.6 Å². The summed E-state index contributed by atoms with van der Waals surface area (Å²) in [4.78, 5) is 24.8. The van der Waals surface area contributed by atoms with Crippen LogP contribution in [0.25, 0.3) is 11.3 Å².